The number of nitrogens with one attached hydrogen (secondary N) is 1. The Labute approximate surface area is 194 Å². The highest BCUT2D eigenvalue weighted by molar-refractivity contribution is 6.06. The van der Waals surface area contributed by atoms with Crippen molar-refractivity contribution >= 4 is 17.4 Å². The summed E-state index contributed by atoms with van der Waals surface area (Å²) in [4.78, 5) is 36.4. The Balaban J connectivity index is 1.91. The number of nitro benzene ring substituents is 1. The van der Waals surface area contributed by atoms with Crippen LogP contribution in [0.15, 0.2) is 51.8 Å². The summed E-state index contributed by atoms with van der Waals surface area (Å²) in [5.74, 6) is -1.09. The average Bonchev–Trinajstić information content (AvgIpc) is 2.81. The van der Waals surface area contributed by atoms with Crippen molar-refractivity contribution in [3.8, 4) is 0 Å². The molecule has 1 fully saturated rings. The summed E-state index contributed by atoms with van der Waals surface area (Å²) >= 11 is 0. The second-order valence-electron chi connectivity index (χ2n) is 8.36. The van der Waals surface area contributed by atoms with Gasteiger partial charge in [-0.3, -0.25) is 25.4 Å². The summed E-state index contributed by atoms with van der Waals surface area (Å²) in [5.41, 5.74) is 6.61. The minimum Gasteiger partial charge on any atom is -0.466 e. The highest BCUT2D eigenvalue weighted by Crippen LogP contribution is 2.40. The summed E-state index contributed by atoms with van der Waals surface area (Å²) < 4.78 is 5.04. The van der Waals surface area contributed by atoms with Crippen molar-refractivity contribution in [1.29, 1.82) is 0 Å². The molecule has 1 saturated heterocycles. The first-order valence-electron chi connectivity index (χ1n) is 11.2. The minimum atomic E-state index is -0.576. The van der Waals surface area contributed by atoms with Crippen LogP contribution in [0.3, 0.4) is 0 Å². The van der Waals surface area contributed by atoms with E-state index in [-0.39, 0.29) is 5.69 Å². The molecule has 1 N–H and O–H groups in total. The van der Waals surface area contributed by atoms with Gasteiger partial charge in [0.1, 0.15) is 0 Å². The number of hydroxylamine groups is 1. The van der Waals surface area contributed by atoms with Crippen molar-refractivity contribution in [2.75, 3.05) is 33.4 Å². The number of piperidine rings is 1. The van der Waals surface area contributed by atoms with Gasteiger partial charge in [-0.25, -0.2) is 4.79 Å². The third-order valence-corrected chi connectivity index (χ3v) is 6.10. The first-order valence-corrected chi connectivity index (χ1v) is 11.2. The molecule has 0 spiro atoms. The van der Waals surface area contributed by atoms with Crippen molar-refractivity contribution in [2.45, 2.75) is 46.0 Å². The van der Waals surface area contributed by atoms with E-state index in [2.05, 4.69) is 15.4 Å². The summed E-state index contributed by atoms with van der Waals surface area (Å²) in [7, 11) is 1.32. The molecule has 9 nitrogen and oxygen atoms in total. The number of aliphatic imine (C=N–C) groups is 1. The standard InChI is InChI=1S/C24H32N4O5/c1-16-21(18(3)26-33-14-13-27-11-6-5-7-12-27)23(22(17(2)25-16)24(29)32-4)19-9-8-10-20(15-19)28(30)31/h8-10,15,23,26H,5-7,11-14H2,1-4H3. The van der Waals surface area contributed by atoms with Crippen molar-refractivity contribution in [2.24, 2.45) is 4.99 Å². The predicted molar refractivity (Wildman–Crippen MR) is 126 cm³/mol. The normalized spacial score (nSPS) is 20.8. The van der Waals surface area contributed by atoms with Gasteiger partial charge in [0, 0.05) is 47.3 Å². The number of carbonyl (C=O) groups is 1. The maximum atomic E-state index is 12.7. The number of rotatable bonds is 8. The van der Waals surface area contributed by atoms with Crippen LogP contribution in [-0.4, -0.2) is 54.9 Å². The summed E-state index contributed by atoms with van der Waals surface area (Å²) in [6.07, 6.45) is 3.73. The molecule has 3 rings (SSSR count). The van der Waals surface area contributed by atoms with Crippen LogP contribution < -0.4 is 5.48 Å². The Kier molecular flexibility index (Phi) is 8.35. The number of carbonyl (C=O) groups excluding carboxylic acids is 1. The van der Waals surface area contributed by atoms with Crippen LogP contribution in [0.5, 0.6) is 0 Å². The van der Waals surface area contributed by atoms with Crippen molar-refractivity contribution in [1.82, 2.24) is 10.4 Å². The quantitative estimate of drug-likeness (QED) is 0.274. The maximum absolute atomic E-state index is 12.7. The largest absolute Gasteiger partial charge is 0.466 e. The molecule has 2 heterocycles. The summed E-state index contributed by atoms with van der Waals surface area (Å²) in [5, 5.41) is 11.4. The highest BCUT2D eigenvalue weighted by Gasteiger charge is 2.35. The molecular formula is C24H32N4O5. The molecular weight excluding hydrogens is 424 g/mol. The number of non-ortho nitro benzene ring substituents is 1. The molecule has 1 aromatic rings. The van der Waals surface area contributed by atoms with Gasteiger partial charge in [-0.2, -0.15) is 0 Å². The van der Waals surface area contributed by atoms with Crippen molar-refractivity contribution in [3.05, 3.63) is 62.5 Å². The zero-order valence-corrected chi connectivity index (χ0v) is 19.7. The fourth-order valence-corrected chi connectivity index (χ4v) is 4.52. The molecule has 1 aromatic carbocycles. The number of nitrogens with zero attached hydrogens (tertiary/aromatic N) is 3. The monoisotopic (exact) mass is 456 g/mol. The van der Waals surface area contributed by atoms with Gasteiger partial charge in [0.2, 0.25) is 0 Å². The fourth-order valence-electron chi connectivity index (χ4n) is 4.52. The predicted octanol–water partition coefficient (Wildman–Crippen LogP) is 3.88. The number of likely N-dealkylation sites (tertiary alicyclic amines) is 1. The zero-order chi connectivity index (χ0) is 24.0. The van der Waals surface area contributed by atoms with Gasteiger partial charge in [0.05, 0.1) is 24.2 Å². The molecule has 2 aliphatic rings. The number of hydrogen-bond acceptors (Lipinski definition) is 8. The van der Waals surface area contributed by atoms with Crippen molar-refractivity contribution < 1.29 is 19.3 Å². The molecule has 2 aliphatic heterocycles. The molecule has 1 unspecified atom stereocenters. The lowest BCUT2D eigenvalue weighted by atomic mass is 9.79. The molecule has 178 valence electrons. The molecule has 0 radical (unpaired) electrons. The zero-order valence-electron chi connectivity index (χ0n) is 19.7. The van der Waals surface area contributed by atoms with Gasteiger partial charge >= 0.3 is 5.97 Å². The lowest BCUT2D eigenvalue weighted by molar-refractivity contribution is -0.384. The molecule has 0 amide bonds. The number of allylic oxidation sites excluding steroid dienone is 3. The van der Waals surface area contributed by atoms with E-state index in [1.807, 2.05) is 13.8 Å². The van der Waals surface area contributed by atoms with E-state index in [4.69, 9.17) is 9.57 Å². The third-order valence-electron chi connectivity index (χ3n) is 6.10. The fraction of sp³-hybridized carbons (Fsp3) is 0.500. The van der Waals surface area contributed by atoms with Crippen LogP contribution in [0, 0.1) is 10.1 Å². The molecule has 1 atom stereocenters. The summed E-state index contributed by atoms with van der Waals surface area (Å²) in [6.45, 7) is 9.00. The van der Waals surface area contributed by atoms with E-state index in [1.165, 1.54) is 38.5 Å². The average molecular weight is 457 g/mol. The number of esters is 1. The maximum Gasteiger partial charge on any atom is 0.336 e. The van der Waals surface area contributed by atoms with Crippen LogP contribution >= 0.6 is 0 Å². The molecule has 0 saturated carbocycles. The van der Waals surface area contributed by atoms with E-state index in [0.717, 1.165) is 25.2 Å². The Morgan fingerprint density at radius 1 is 1.27 bits per heavy atom. The Morgan fingerprint density at radius 3 is 2.67 bits per heavy atom. The third kappa shape index (κ3) is 5.85. The van der Waals surface area contributed by atoms with Crippen LogP contribution in [0.25, 0.3) is 0 Å². The van der Waals surface area contributed by atoms with Crippen LogP contribution in [0.1, 0.15) is 51.5 Å². The Bertz CT molecular complexity index is 992. The topological polar surface area (TPSA) is 106 Å². The minimum absolute atomic E-state index is 0.0442. The highest BCUT2D eigenvalue weighted by atomic mass is 16.6. The van der Waals surface area contributed by atoms with Gasteiger partial charge in [-0.15, -0.1) is 0 Å². The Hall–Kier alpha value is -3.04. The smallest absolute Gasteiger partial charge is 0.336 e. The van der Waals surface area contributed by atoms with Crippen LogP contribution in [0.4, 0.5) is 5.69 Å². The van der Waals surface area contributed by atoms with Gasteiger partial charge in [0.15, 0.2) is 0 Å². The number of hydrogen-bond donors (Lipinski definition) is 1. The lowest BCUT2D eigenvalue weighted by Gasteiger charge is -2.29. The first-order chi connectivity index (χ1) is 15.8. The second kappa shape index (κ2) is 11.2. The van der Waals surface area contributed by atoms with E-state index in [9.17, 15) is 14.9 Å². The van der Waals surface area contributed by atoms with E-state index >= 15 is 0 Å². The van der Waals surface area contributed by atoms with Gasteiger partial charge in [0.25, 0.3) is 5.69 Å². The van der Waals surface area contributed by atoms with E-state index < -0.39 is 16.8 Å². The van der Waals surface area contributed by atoms with E-state index in [0.29, 0.717) is 34.8 Å². The van der Waals surface area contributed by atoms with Crippen LogP contribution in [0.2, 0.25) is 0 Å². The van der Waals surface area contributed by atoms with Gasteiger partial charge in [-0.05, 0) is 52.3 Å². The van der Waals surface area contributed by atoms with E-state index in [1.54, 1.807) is 19.1 Å². The second-order valence-corrected chi connectivity index (χ2v) is 8.36. The van der Waals surface area contributed by atoms with Gasteiger partial charge in [-0.1, -0.05) is 18.6 Å². The molecule has 0 bridgehead atoms. The number of methoxy groups -OCH3 is 1. The van der Waals surface area contributed by atoms with Crippen molar-refractivity contribution in [3.63, 3.8) is 0 Å². The number of benzene rings is 1. The lowest BCUT2D eigenvalue weighted by Crippen LogP contribution is -2.34. The SMILES string of the molecule is COC(=O)C1=C(C)N=C(C)C(=C(C)NOCCN2CCCCC2)C1c1cccc([N+](=O)[O-])c1. The Morgan fingerprint density at radius 2 is 2.00 bits per heavy atom. The molecule has 0 aromatic heterocycles. The van der Waals surface area contributed by atoms with Crippen LogP contribution in [-0.2, 0) is 14.4 Å². The first kappa shape index (κ1) is 24.6. The molecule has 0 aliphatic carbocycles. The summed E-state index contributed by atoms with van der Waals surface area (Å²) in [6, 6.07) is 6.31. The number of ether oxygens (including phenoxy) is 1. The molecule has 33 heavy (non-hydrogen) atoms. The molecule has 9 heteroatoms. The van der Waals surface area contributed by atoms with Gasteiger partial charge < -0.3 is 9.64 Å². The number of nitro groups is 1.